The van der Waals surface area contributed by atoms with Crippen LogP contribution in [0.25, 0.3) is 10.6 Å². The molecule has 110 valence electrons. The van der Waals surface area contributed by atoms with Crippen molar-refractivity contribution in [3.8, 4) is 10.6 Å². The Hall–Kier alpha value is -1.72. The lowest BCUT2D eigenvalue weighted by molar-refractivity contribution is 0.0650. The molecule has 4 nitrogen and oxygen atoms in total. The predicted molar refractivity (Wildman–Crippen MR) is 85.7 cm³/mol. The van der Waals surface area contributed by atoms with Crippen molar-refractivity contribution in [1.82, 2.24) is 15.2 Å². The van der Waals surface area contributed by atoms with Gasteiger partial charge in [0, 0.05) is 36.6 Å². The van der Waals surface area contributed by atoms with Crippen molar-refractivity contribution < 1.29 is 4.79 Å². The maximum atomic E-state index is 12.6. The lowest BCUT2D eigenvalue weighted by Gasteiger charge is -2.33. The highest BCUT2D eigenvalue weighted by Crippen LogP contribution is 2.27. The Morgan fingerprint density at radius 2 is 2.24 bits per heavy atom. The van der Waals surface area contributed by atoms with Crippen LogP contribution in [0.3, 0.4) is 0 Å². The summed E-state index contributed by atoms with van der Waals surface area (Å²) >= 11 is 1.54. The van der Waals surface area contributed by atoms with Gasteiger partial charge in [0.05, 0.1) is 0 Å². The molecular weight excluding hydrogens is 282 g/mol. The number of carbonyl (C=O) groups is 1. The van der Waals surface area contributed by atoms with Crippen LogP contribution in [0.5, 0.6) is 0 Å². The molecule has 0 bridgehead atoms. The van der Waals surface area contributed by atoms with E-state index in [0.717, 1.165) is 30.2 Å². The molecule has 0 unspecified atom stereocenters. The first-order chi connectivity index (χ1) is 10.2. The summed E-state index contributed by atoms with van der Waals surface area (Å²) < 4.78 is 0. The second-order valence-electron chi connectivity index (χ2n) is 5.40. The summed E-state index contributed by atoms with van der Waals surface area (Å²) in [4.78, 5) is 19.0. The van der Waals surface area contributed by atoms with Crippen molar-refractivity contribution in [2.24, 2.45) is 0 Å². The van der Waals surface area contributed by atoms with E-state index in [9.17, 15) is 4.79 Å². The van der Waals surface area contributed by atoms with Crippen molar-refractivity contribution in [1.29, 1.82) is 0 Å². The zero-order valence-corrected chi connectivity index (χ0v) is 13.1. The molecule has 1 aromatic carbocycles. The summed E-state index contributed by atoms with van der Waals surface area (Å²) in [5, 5.41) is 6.09. The Labute approximate surface area is 128 Å². The van der Waals surface area contributed by atoms with Gasteiger partial charge in [-0.1, -0.05) is 24.3 Å². The van der Waals surface area contributed by atoms with E-state index >= 15 is 0 Å². The number of aryl methyl sites for hydroxylation is 1. The monoisotopic (exact) mass is 301 g/mol. The largest absolute Gasteiger partial charge is 0.332 e. The van der Waals surface area contributed by atoms with E-state index in [1.54, 1.807) is 0 Å². The van der Waals surface area contributed by atoms with Gasteiger partial charge in [-0.15, -0.1) is 11.3 Å². The van der Waals surface area contributed by atoms with E-state index in [4.69, 9.17) is 0 Å². The third-order valence-electron chi connectivity index (χ3n) is 3.86. The van der Waals surface area contributed by atoms with Crippen LogP contribution in [0.15, 0.2) is 29.6 Å². The van der Waals surface area contributed by atoms with Crippen LogP contribution in [0, 0.1) is 6.92 Å². The lowest BCUT2D eigenvalue weighted by Crippen LogP contribution is -2.52. The standard InChI is InChI=1S/C16H19N3OS/c1-11-5-3-4-6-13(11)15-18-14(10-21-15)16(20)19-8-7-17-9-12(19)2/h3-6,10,12,17H,7-9H2,1-2H3/t12-/m0/s1. The molecule has 0 saturated carbocycles. The number of aromatic nitrogens is 1. The SMILES string of the molecule is Cc1ccccc1-c1nc(C(=O)N2CCNC[C@@H]2C)cs1. The average molecular weight is 301 g/mol. The second-order valence-corrected chi connectivity index (χ2v) is 6.26. The fourth-order valence-electron chi connectivity index (χ4n) is 2.60. The van der Waals surface area contributed by atoms with Crippen LogP contribution in [0.2, 0.25) is 0 Å². The molecule has 3 rings (SSSR count). The van der Waals surface area contributed by atoms with Crippen molar-refractivity contribution in [3.05, 3.63) is 40.9 Å². The van der Waals surface area contributed by atoms with Gasteiger partial charge in [0.1, 0.15) is 10.7 Å². The molecule has 1 atom stereocenters. The normalized spacial score (nSPS) is 18.8. The van der Waals surface area contributed by atoms with Gasteiger partial charge in [-0.05, 0) is 19.4 Å². The van der Waals surface area contributed by atoms with E-state index in [1.807, 2.05) is 22.4 Å². The molecule has 1 aromatic heterocycles. The third kappa shape index (κ3) is 2.84. The smallest absolute Gasteiger partial charge is 0.273 e. The Bertz CT molecular complexity index is 652. The number of amides is 1. The topological polar surface area (TPSA) is 45.2 Å². The Kier molecular flexibility index (Phi) is 4.03. The third-order valence-corrected chi connectivity index (χ3v) is 4.74. The van der Waals surface area contributed by atoms with Gasteiger partial charge >= 0.3 is 0 Å². The van der Waals surface area contributed by atoms with E-state index < -0.39 is 0 Å². The minimum absolute atomic E-state index is 0.0417. The van der Waals surface area contributed by atoms with Gasteiger partial charge in [0.25, 0.3) is 5.91 Å². The van der Waals surface area contributed by atoms with Crippen molar-refractivity contribution in [2.45, 2.75) is 19.9 Å². The van der Waals surface area contributed by atoms with E-state index in [-0.39, 0.29) is 11.9 Å². The van der Waals surface area contributed by atoms with Crippen molar-refractivity contribution in [2.75, 3.05) is 19.6 Å². The molecule has 2 heterocycles. The quantitative estimate of drug-likeness (QED) is 0.927. The number of piperazine rings is 1. The molecule has 2 aromatic rings. The van der Waals surface area contributed by atoms with Crippen LogP contribution in [0.1, 0.15) is 23.0 Å². The van der Waals surface area contributed by atoms with Crippen LogP contribution in [-0.4, -0.2) is 41.5 Å². The van der Waals surface area contributed by atoms with Crippen LogP contribution < -0.4 is 5.32 Å². The highest BCUT2D eigenvalue weighted by molar-refractivity contribution is 7.13. The first kappa shape index (κ1) is 14.2. The van der Waals surface area contributed by atoms with Gasteiger partial charge in [-0.2, -0.15) is 0 Å². The molecule has 5 heteroatoms. The van der Waals surface area contributed by atoms with Crippen molar-refractivity contribution in [3.63, 3.8) is 0 Å². The maximum absolute atomic E-state index is 12.6. The second kappa shape index (κ2) is 5.95. The number of hydrogen-bond donors (Lipinski definition) is 1. The Morgan fingerprint density at radius 3 is 3.00 bits per heavy atom. The highest BCUT2D eigenvalue weighted by Gasteiger charge is 2.25. The molecule has 1 saturated heterocycles. The molecule has 1 aliphatic rings. The van der Waals surface area contributed by atoms with E-state index in [2.05, 4.69) is 36.3 Å². The summed E-state index contributed by atoms with van der Waals surface area (Å²) in [7, 11) is 0. The zero-order valence-electron chi connectivity index (χ0n) is 12.3. The molecule has 1 N–H and O–H groups in total. The predicted octanol–water partition coefficient (Wildman–Crippen LogP) is 2.55. The minimum atomic E-state index is 0.0417. The average Bonchev–Trinajstić information content (AvgIpc) is 2.97. The summed E-state index contributed by atoms with van der Waals surface area (Å²) in [6, 6.07) is 8.35. The van der Waals surface area contributed by atoms with Gasteiger partial charge in [0.2, 0.25) is 0 Å². The molecule has 1 fully saturated rings. The number of carbonyl (C=O) groups excluding carboxylic acids is 1. The summed E-state index contributed by atoms with van der Waals surface area (Å²) in [6.07, 6.45) is 0. The number of nitrogens with zero attached hydrogens (tertiary/aromatic N) is 2. The number of nitrogens with one attached hydrogen (secondary N) is 1. The number of thiazole rings is 1. The van der Waals surface area contributed by atoms with Gasteiger partial charge in [0.15, 0.2) is 0 Å². The molecule has 1 aliphatic heterocycles. The fourth-order valence-corrected chi connectivity index (χ4v) is 3.48. The van der Waals surface area contributed by atoms with Gasteiger partial charge < -0.3 is 10.2 Å². The van der Waals surface area contributed by atoms with Gasteiger partial charge in [-0.3, -0.25) is 4.79 Å². The van der Waals surface area contributed by atoms with Crippen LogP contribution >= 0.6 is 11.3 Å². The summed E-state index contributed by atoms with van der Waals surface area (Å²) in [6.45, 7) is 6.58. The van der Waals surface area contributed by atoms with E-state index in [1.165, 1.54) is 16.9 Å². The molecule has 0 aliphatic carbocycles. The molecule has 0 spiro atoms. The molecule has 1 amide bonds. The van der Waals surface area contributed by atoms with Crippen molar-refractivity contribution >= 4 is 17.2 Å². The highest BCUT2D eigenvalue weighted by atomic mass is 32.1. The molecular formula is C16H19N3OS. The first-order valence-electron chi connectivity index (χ1n) is 7.20. The Morgan fingerprint density at radius 1 is 1.43 bits per heavy atom. The van der Waals surface area contributed by atoms with Crippen LogP contribution in [0.4, 0.5) is 0 Å². The fraction of sp³-hybridized carbons (Fsp3) is 0.375. The summed E-state index contributed by atoms with van der Waals surface area (Å²) in [5.41, 5.74) is 2.85. The maximum Gasteiger partial charge on any atom is 0.273 e. The molecule has 21 heavy (non-hydrogen) atoms. The first-order valence-corrected chi connectivity index (χ1v) is 8.08. The van der Waals surface area contributed by atoms with Gasteiger partial charge in [-0.25, -0.2) is 4.98 Å². The Balaban J connectivity index is 1.85. The zero-order chi connectivity index (χ0) is 14.8. The minimum Gasteiger partial charge on any atom is -0.332 e. The summed E-state index contributed by atoms with van der Waals surface area (Å²) in [5.74, 6) is 0.0417. The lowest BCUT2D eigenvalue weighted by atomic mass is 10.1. The number of benzene rings is 1. The number of rotatable bonds is 2. The number of hydrogen-bond acceptors (Lipinski definition) is 4. The molecule has 0 radical (unpaired) electrons. The van der Waals surface area contributed by atoms with Crippen LogP contribution in [-0.2, 0) is 0 Å². The van der Waals surface area contributed by atoms with E-state index in [0.29, 0.717) is 5.69 Å².